The highest BCUT2D eigenvalue weighted by Gasteiger charge is 2.04. The number of hydrogen-bond acceptors (Lipinski definition) is 2. The zero-order valence-corrected chi connectivity index (χ0v) is 8.75. The van der Waals surface area contributed by atoms with Gasteiger partial charge in [-0.3, -0.25) is 0 Å². The lowest BCUT2D eigenvalue weighted by Gasteiger charge is -2.00. The fraction of sp³-hybridized carbons (Fsp3) is 0.222. The first-order valence-corrected chi connectivity index (χ1v) is 5.67. The molecule has 1 N–H and O–H groups in total. The third kappa shape index (κ3) is 1.54. The van der Waals surface area contributed by atoms with E-state index in [0.29, 0.717) is 5.88 Å². The van der Waals surface area contributed by atoms with Gasteiger partial charge in [0, 0.05) is 10.8 Å². The normalized spacial score (nSPS) is 10.9. The van der Waals surface area contributed by atoms with E-state index < -0.39 is 0 Å². The smallest absolute Gasteiger partial charge is 0.102 e. The fourth-order valence-corrected chi connectivity index (χ4v) is 2.09. The predicted molar refractivity (Wildman–Crippen MR) is 57.4 cm³/mol. The molecule has 0 spiro atoms. The molecule has 13 heavy (non-hydrogen) atoms. The van der Waals surface area contributed by atoms with Crippen LogP contribution in [0, 0.1) is 0 Å². The number of rotatable bonds is 2. The third-order valence-corrected chi connectivity index (χ3v) is 2.98. The number of alkyl halides is 1. The fourth-order valence-electron chi connectivity index (χ4n) is 1.31. The molecule has 0 radical (unpaired) electrons. The van der Waals surface area contributed by atoms with E-state index in [9.17, 15) is 0 Å². The van der Waals surface area contributed by atoms with Crippen molar-refractivity contribution >= 4 is 34.4 Å². The van der Waals surface area contributed by atoms with Gasteiger partial charge in [0.1, 0.15) is 5.52 Å². The van der Waals surface area contributed by atoms with Crippen molar-refractivity contribution in [1.82, 2.24) is 9.97 Å². The topological polar surface area (TPSA) is 28.7 Å². The summed E-state index contributed by atoms with van der Waals surface area (Å²) in [4.78, 5) is 8.51. The first-order chi connectivity index (χ1) is 6.35. The zero-order valence-electron chi connectivity index (χ0n) is 7.17. The Morgan fingerprint density at radius 2 is 2.38 bits per heavy atom. The van der Waals surface area contributed by atoms with Crippen molar-refractivity contribution in [2.24, 2.45) is 0 Å². The van der Waals surface area contributed by atoms with E-state index in [1.54, 1.807) is 18.1 Å². The van der Waals surface area contributed by atoms with Crippen molar-refractivity contribution in [2.75, 3.05) is 6.26 Å². The van der Waals surface area contributed by atoms with Gasteiger partial charge in [0.25, 0.3) is 0 Å². The molecule has 68 valence electrons. The average Bonchev–Trinajstić information content (AvgIpc) is 2.63. The van der Waals surface area contributed by atoms with Crippen LogP contribution in [0.15, 0.2) is 23.4 Å². The minimum atomic E-state index is 0.544. The lowest BCUT2D eigenvalue weighted by Crippen LogP contribution is -1.82. The molecular formula is C9H9ClN2S. The van der Waals surface area contributed by atoms with Gasteiger partial charge < -0.3 is 4.98 Å². The summed E-state index contributed by atoms with van der Waals surface area (Å²) in [7, 11) is 0. The van der Waals surface area contributed by atoms with Crippen molar-refractivity contribution in [2.45, 2.75) is 10.8 Å². The van der Waals surface area contributed by atoms with Crippen molar-refractivity contribution in [3.05, 3.63) is 24.0 Å². The number of halogens is 1. The van der Waals surface area contributed by atoms with E-state index in [2.05, 4.69) is 16.0 Å². The van der Waals surface area contributed by atoms with Gasteiger partial charge in [-0.25, -0.2) is 4.98 Å². The molecule has 1 heterocycles. The Bertz CT molecular complexity index is 424. The van der Waals surface area contributed by atoms with Crippen LogP contribution >= 0.6 is 23.4 Å². The maximum atomic E-state index is 5.78. The molecule has 2 nitrogen and oxygen atoms in total. The van der Waals surface area contributed by atoms with E-state index in [1.807, 2.05) is 12.3 Å². The number of benzene rings is 1. The second-order valence-corrected chi connectivity index (χ2v) is 3.85. The van der Waals surface area contributed by atoms with Crippen LogP contribution in [0.2, 0.25) is 0 Å². The van der Waals surface area contributed by atoms with Crippen molar-refractivity contribution in [3.63, 3.8) is 0 Å². The van der Waals surface area contributed by atoms with Crippen LogP contribution in [-0.2, 0) is 5.88 Å². The standard InChI is InChI=1S/C9H9ClN2S/c1-13-8-3-6(4-10)2-7-9(8)12-5-11-7/h2-3,5H,4H2,1H3,(H,11,12). The molecule has 0 aliphatic heterocycles. The van der Waals surface area contributed by atoms with Gasteiger partial charge >= 0.3 is 0 Å². The number of nitrogens with one attached hydrogen (secondary N) is 1. The largest absolute Gasteiger partial charge is 0.345 e. The minimum Gasteiger partial charge on any atom is -0.345 e. The molecule has 0 aliphatic rings. The molecular weight excluding hydrogens is 204 g/mol. The van der Waals surface area contributed by atoms with E-state index in [1.165, 1.54) is 4.90 Å². The summed E-state index contributed by atoms with van der Waals surface area (Å²) in [6, 6.07) is 4.12. The Morgan fingerprint density at radius 3 is 3.08 bits per heavy atom. The molecule has 0 atom stereocenters. The molecule has 0 saturated heterocycles. The summed E-state index contributed by atoms with van der Waals surface area (Å²) >= 11 is 7.47. The number of H-pyrrole nitrogens is 1. The number of hydrogen-bond donors (Lipinski definition) is 1. The van der Waals surface area contributed by atoms with Crippen LogP contribution in [0.4, 0.5) is 0 Å². The lowest BCUT2D eigenvalue weighted by atomic mass is 10.2. The van der Waals surface area contributed by atoms with Crippen LogP contribution in [-0.4, -0.2) is 16.2 Å². The highest BCUT2D eigenvalue weighted by molar-refractivity contribution is 7.98. The van der Waals surface area contributed by atoms with Crippen LogP contribution in [0.25, 0.3) is 11.0 Å². The van der Waals surface area contributed by atoms with Crippen molar-refractivity contribution in [1.29, 1.82) is 0 Å². The van der Waals surface area contributed by atoms with Gasteiger partial charge in [0.05, 0.1) is 11.8 Å². The SMILES string of the molecule is CSc1cc(CCl)cc2[nH]cnc12. The minimum absolute atomic E-state index is 0.544. The maximum Gasteiger partial charge on any atom is 0.102 e. The highest BCUT2D eigenvalue weighted by atomic mass is 35.5. The number of nitrogens with zero attached hydrogens (tertiary/aromatic N) is 1. The quantitative estimate of drug-likeness (QED) is 0.613. The first kappa shape index (κ1) is 8.91. The van der Waals surface area contributed by atoms with Gasteiger partial charge in [0.15, 0.2) is 0 Å². The van der Waals surface area contributed by atoms with Crippen molar-refractivity contribution < 1.29 is 0 Å². The molecule has 0 aliphatic carbocycles. The molecule has 2 aromatic rings. The molecule has 0 bridgehead atoms. The second kappa shape index (κ2) is 3.60. The van der Waals surface area contributed by atoms with E-state index in [4.69, 9.17) is 11.6 Å². The number of thioether (sulfide) groups is 1. The van der Waals surface area contributed by atoms with E-state index in [-0.39, 0.29) is 0 Å². The summed E-state index contributed by atoms with van der Waals surface area (Å²) in [5.41, 5.74) is 3.21. The number of aromatic amines is 1. The Labute approximate surface area is 85.7 Å². The molecule has 0 saturated carbocycles. The van der Waals surface area contributed by atoms with Crippen LogP contribution in [0.1, 0.15) is 5.56 Å². The van der Waals surface area contributed by atoms with Gasteiger partial charge in [-0.05, 0) is 24.0 Å². The molecule has 0 fully saturated rings. The van der Waals surface area contributed by atoms with Crippen LogP contribution < -0.4 is 0 Å². The summed E-state index contributed by atoms with van der Waals surface area (Å²) in [6.45, 7) is 0. The summed E-state index contributed by atoms with van der Waals surface area (Å²) in [5.74, 6) is 0.544. The molecule has 1 aromatic heterocycles. The Kier molecular flexibility index (Phi) is 2.47. The highest BCUT2D eigenvalue weighted by Crippen LogP contribution is 2.26. The van der Waals surface area contributed by atoms with Crippen LogP contribution in [0.5, 0.6) is 0 Å². The van der Waals surface area contributed by atoms with E-state index >= 15 is 0 Å². The molecule has 4 heteroatoms. The lowest BCUT2D eigenvalue weighted by molar-refractivity contribution is 1.33. The maximum absolute atomic E-state index is 5.78. The molecule has 0 unspecified atom stereocenters. The van der Waals surface area contributed by atoms with Gasteiger partial charge in [-0.2, -0.15) is 0 Å². The van der Waals surface area contributed by atoms with Gasteiger partial charge in [0.2, 0.25) is 0 Å². The Hall–Kier alpha value is -0.670. The molecule has 0 amide bonds. The monoisotopic (exact) mass is 212 g/mol. The summed E-state index contributed by atoms with van der Waals surface area (Å²) in [6.07, 6.45) is 3.75. The zero-order chi connectivity index (χ0) is 9.26. The van der Waals surface area contributed by atoms with E-state index in [0.717, 1.165) is 16.6 Å². The Balaban J connectivity index is 2.70. The summed E-state index contributed by atoms with van der Waals surface area (Å²) < 4.78 is 0. The molecule has 1 aromatic carbocycles. The van der Waals surface area contributed by atoms with Crippen LogP contribution in [0.3, 0.4) is 0 Å². The Morgan fingerprint density at radius 1 is 1.54 bits per heavy atom. The second-order valence-electron chi connectivity index (χ2n) is 2.73. The first-order valence-electron chi connectivity index (χ1n) is 3.91. The molecule has 2 rings (SSSR count). The number of imidazole rings is 1. The van der Waals surface area contributed by atoms with Gasteiger partial charge in [-0.1, -0.05) is 0 Å². The predicted octanol–water partition coefficient (Wildman–Crippen LogP) is 3.02. The average molecular weight is 213 g/mol. The third-order valence-electron chi connectivity index (χ3n) is 1.92. The number of fused-ring (bicyclic) bond motifs is 1. The van der Waals surface area contributed by atoms with Gasteiger partial charge in [-0.15, -0.1) is 23.4 Å². The van der Waals surface area contributed by atoms with Crippen molar-refractivity contribution in [3.8, 4) is 0 Å². The summed E-state index contributed by atoms with van der Waals surface area (Å²) in [5, 5.41) is 0. The number of aromatic nitrogens is 2.